The van der Waals surface area contributed by atoms with Crippen LogP contribution in [0, 0.1) is 0 Å². The number of alkyl halides is 36. The molecule has 0 amide bonds. The van der Waals surface area contributed by atoms with Gasteiger partial charge in [-0.05, 0) is 12.1 Å². The van der Waals surface area contributed by atoms with E-state index in [0.717, 1.165) is 0 Å². The second-order valence-corrected chi connectivity index (χ2v) is 14.4. The third-order valence-electron chi connectivity index (χ3n) is 8.19. The van der Waals surface area contributed by atoms with Crippen LogP contribution >= 0.6 is 8.38 Å². The third-order valence-corrected chi connectivity index (χ3v) is 9.89. The normalized spacial score (nSPS) is 16.0. The van der Waals surface area contributed by atoms with Crippen LogP contribution in [0.3, 0.4) is 0 Å². The van der Waals surface area contributed by atoms with Crippen LogP contribution in [0.25, 0.3) is 0 Å². The topological polar surface area (TPSA) is 55.4 Å². The molecule has 420 valence electrons. The molecule has 0 fully saturated rings. The SMILES string of the molecule is FC(F)(F)C(OCC(COC(C(F)(F)F)(C(F)(F)F)C(F)(F)F)OP(OC(COC(C(F)(F)F)(C(F)(F)F)C(F)(F)F)COC(C(F)(F)F)(C(F)(F)F)C(F)(F)F)c1ccccc1)(C(F)(F)F)C(F)(F)F. The molecular formula is C28H15F36O6P. The molecule has 0 saturated heterocycles. The standard InChI is InChI=1S/C28H15F36O6P/c29-17(30,31)13(18(32,33)34,19(35,36)37)65-6-10(7-66-14(20(38,39)40,21(41,42)43)22(44,45)46)69-71(12-4-2-1-3-5-12)70-11(8-67-15(23(47,48)49,24(50,51)52)25(53,54)55)9-68-16(26(56,57)58,27(59,60)61)28(62,63)64/h1-5,10-11H,6-9H2. The van der Waals surface area contributed by atoms with Crippen molar-refractivity contribution in [3.63, 3.8) is 0 Å². The summed E-state index contributed by atoms with van der Waals surface area (Å²) < 4.78 is 509. The van der Waals surface area contributed by atoms with E-state index in [4.69, 9.17) is 0 Å². The predicted octanol–water partition coefficient (Wildman–Crippen LogP) is 13.2. The van der Waals surface area contributed by atoms with Gasteiger partial charge in [0.05, 0.1) is 26.4 Å². The van der Waals surface area contributed by atoms with Crippen LogP contribution < -0.4 is 5.30 Å². The highest BCUT2D eigenvalue weighted by Gasteiger charge is 2.89. The highest BCUT2D eigenvalue weighted by Crippen LogP contribution is 2.60. The molecule has 0 N–H and O–H groups in total. The summed E-state index contributed by atoms with van der Waals surface area (Å²) in [4.78, 5) is 0. The first-order chi connectivity index (χ1) is 30.8. The van der Waals surface area contributed by atoms with E-state index in [2.05, 4.69) is 28.0 Å². The molecule has 0 atom stereocenters. The molecule has 0 radical (unpaired) electrons. The van der Waals surface area contributed by atoms with Crippen molar-refractivity contribution < 1.29 is 186 Å². The van der Waals surface area contributed by atoms with E-state index >= 15 is 0 Å². The maximum Gasteiger partial charge on any atom is 0.435 e. The van der Waals surface area contributed by atoms with E-state index in [0.29, 0.717) is 18.2 Å². The summed E-state index contributed by atoms with van der Waals surface area (Å²) in [5.41, 5.74) is -31.5. The molecule has 1 aromatic carbocycles. The molecule has 0 heterocycles. The quantitative estimate of drug-likeness (QED) is 0.114. The first-order valence-electron chi connectivity index (χ1n) is 16.4. The van der Waals surface area contributed by atoms with Crippen molar-refractivity contribution in [3.8, 4) is 0 Å². The van der Waals surface area contributed by atoms with Crippen LogP contribution in [0.2, 0.25) is 0 Å². The van der Waals surface area contributed by atoms with E-state index in [9.17, 15) is 158 Å². The summed E-state index contributed by atoms with van der Waals surface area (Å²) in [7, 11) is -5.16. The van der Waals surface area contributed by atoms with E-state index in [-0.39, 0.29) is 12.1 Å². The van der Waals surface area contributed by atoms with E-state index in [1.165, 1.54) is 0 Å². The lowest BCUT2D eigenvalue weighted by Crippen LogP contribution is -2.69. The largest absolute Gasteiger partial charge is 0.435 e. The molecule has 71 heavy (non-hydrogen) atoms. The summed E-state index contributed by atoms with van der Waals surface area (Å²) in [6, 6.07) is 1.13. The predicted molar refractivity (Wildman–Crippen MR) is 150 cm³/mol. The summed E-state index contributed by atoms with van der Waals surface area (Å²) in [5, 5.41) is -1.69. The highest BCUT2D eigenvalue weighted by molar-refractivity contribution is 7.56. The Morgan fingerprint density at radius 2 is 0.423 bits per heavy atom. The van der Waals surface area contributed by atoms with Crippen LogP contribution in [0.15, 0.2) is 30.3 Å². The maximum atomic E-state index is 13.6. The van der Waals surface area contributed by atoms with Crippen LogP contribution in [0.1, 0.15) is 0 Å². The second kappa shape index (κ2) is 20.2. The first-order valence-corrected chi connectivity index (χ1v) is 17.6. The Morgan fingerprint density at radius 1 is 0.268 bits per heavy atom. The molecular weight excluding hydrogens is 1150 g/mol. The summed E-state index contributed by atoms with van der Waals surface area (Å²) >= 11 is 0. The van der Waals surface area contributed by atoms with Gasteiger partial charge in [0.15, 0.2) is 0 Å². The van der Waals surface area contributed by atoms with Gasteiger partial charge in [-0.15, -0.1) is 0 Å². The molecule has 0 aliphatic carbocycles. The molecule has 0 aliphatic heterocycles. The lowest BCUT2D eigenvalue weighted by Gasteiger charge is -2.41. The maximum absolute atomic E-state index is 13.6. The Bertz CT molecular complexity index is 1470. The van der Waals surface area contributed by atoms with Crippen molar-refractivity contribution in [1.82, 2.24) is 0 Å². The lowest BCUT2D eigenvalue weighted by atomic mass is 10.0. The van der Waals surface area contributed by atoms with Crippen molar-refractivity contribution >= 4 is 13.7 Å². The minimum atomic E-state index is -8.08. The summed E-state index contributed by atoms with van der Waals surface area (Å²) in [5.74, 6) is 0. The number of hydrogen-bond acceptors (Lipinski definition) is 6. The van der Waals surface area contributed by atoms with E-state index < -0.39 is 149 Å². The summed E-state index contributed by atoms with van der Waals surface area (Å²) in [6.45, 7) is -15.4. The number of rotatable bonds is 17. The first kappa shape index (κ1) is 65.9. The fraction of sp³-hybridized carbons (Fsp3) is 0.786. The molecule has 1 rings (SSSR count). The minimum absolute atomic E-state index is 0.0169. The lowest BCUT2D eigenvalue weighted by molar-refractivity contribution is -0.465. The Hall–Kier alpha value is -3.11. The Labute approximate surface area is 366 Å². The molecule has 6 nitrogen and oxygen atoms in total. The minimum Gasteiger partial charge on any atom is -0.348 e. The van der Waals surface area contributed by atoms with Gasteiger partial charge in [0.25, 0.3) is 0 Å². The Balaban J connectivity index is 4.55. The van der Waals surface area contributed by atoms with Gasteiger partial charge >= 0.3 is 96.5 Å². The van der Waals surface area contributed by atoms with Crippen LogP contribution in [0.5, 0.6) is 0 Å². The Kier molecular flexibility index (Phi) is 18.8. The monoisotopic (exact) mass is 1160 g/mol. The molecule has 0 bridgehead atoms. The molecule has 0 aliphatic rings. The third kappa shape index (κ3) is 12.7. The molecule has 0 unspecified atom stereocenters. The fourth-order valence-corrected chi connectivity index (χ4v) is 6.46. The van der Waals surface area contributed by atoms with Crippen molar-refractivity contribution in [1.29, 1.82) is 0 Å². The average Bonchev–Trinajstić information content (AvgIpc) is 3.04. The smallest absolute Gasteiger partial charge is 0.348 e. The number of ether oxygens (including phenoxy) is 4. The van der Waals surface area contributed by atoms with Gasteiger partial charge in [-0.2, -0.15) is 158 Å². The zero-order valence-corrected chi connectivity index (χ0v) is 32.8. The number of halogens is 36. The molecule has 0 aromatic heterocycles. The van der Waals surface area contributed by atoms with Crippen LogP contribution in [-0.4, -0.2) is 135 Å². The van der Waals surface area contributed by atoms with Crippen molar-refractivity contribution in [2.24, 2.45) is 0 Å². The van der Waals surface area contributed by atoms with Gasteiger partial charge in [0.1, 0.15) is 12.2 Å². The van der Waals surface area contributed by atoms with Gasteiger partial charge in [-0.3, -0.25) is 0 Å². The molecule has 43 heteroatoms. The molecule has 0 saturated carbocycles. The van der Waals surface area contributed by atoms with Gasteiger partial charge < -0.3 is 28.0 Å². The second-order valence-electron chi connectivity index (χ2n) is 13.0. The highest BCUT2D eigenvalue weighted by atomic mass is 31.2. The Morgan fingerprint density at radius 3 is 0.563 bits per heavy atom. The van der Waals surface area contributed by atoms with Gasteiger partial charge in [0, 0.05) is 5.30 Å². The van der Waals surface area contributed by atoms with Gasteiger partial charge in [-0.25, -0.2) is 0 Å². The molecule has 1 aromatic rings. The zero-order chi connectivity index (χ0) is 56.9. The number of benzene rings is 1. The van der Waals surface area contributed by atoms with Crippen LogP contribution in [-0.2, 0) is 28.0 Å². The zero-order valence-electron chi connectivity index (χ0n) is 31.9. The average molecular weight is 1160 g/mol. The van der Waals surface area contributed by atoms with Crippen molar-refractivity contribution in [2.75, 3.05) is 26.4 Å². The van der Waals surface area contributed by atoms with Crippen molar-refractivity contribution in [3.05, 3.63) is 30.3 Å². The van der Waals surface area contributed by atoms with Crippen LogP contribution in [0.4, 0.5) is 158 Å². The van der Waals surface area contributed by atoms with E-state index in [1.54, 1.807) is 0 Å². The van der Waals surface area contributed by atoms with Gasteiger partial charge in [-0.1, -0.05) is 18.2 Å². The van der Waals surface area contributed by atoms with Gasteiger partial charge in [0.2, 0.25) is 8.38 Å². The summed E-state index contributed by atoms with van der Waals surface area (Å²) in [6.07, 6.45) is -106. The molecule has 0 spiro atoms. The fourth-order valence-electron chi connectivity index (χ4n) is 4.97. The number of hydrogen-bond donors (Lipinski definition) is 0. The van der Waals surface area contributed by atoms with E-state index in [1.807, 2.05) is 0 Å². The van der Waals surface area contributed by atoms with Crippen molar-refractivity contribution in [2.45, 2.75) is 109 Å².